The van der Waals surface area contributed by atoms with E-state index in [1.54, 1.807) is 0 Å². The summed E-state index contributed by atoms with van der Waals surface area (Å²) in [6, 6.07) is 20.2. The van der Waals surface area contributed by atoms with E-state index in [-0.39, 0.29) is 17.5 Å². The summed E-state index contributed by atoms with van der Waals surface area (Å²) in [6.07, 6.45) is 3.67. The van der Waals surface area contributed by atoms with Gasteiger partial charge >= 0.3 is 6.03 Å². The lowest BCUT2D eigenvalue weighted by molar-refractivity contribution is -0.133. The van der Waals surface area contributed by atoms with E-state index in [0.717, 1.165) is 18.4 Å². The monoisotopic (exact) mass is 391 g/mol. The molecule has 29 heavy (non-hydrogen) atoms. The molecule has 1 saturated carbocycles. The van der Waals surface area contributed by atoms with Crippen LogP contribution in [0.5, 0.6) is 0 Å². The number of benzene rings is 2. The molecule has 1 aliphatic carbocycles. The van der Waals surface area contributed by atoms with Crippen LogP contribution in [0.4, 0.5) is 4.79 Å². The summed E-state index contributed by atoms with van der Waals surface area (Å²) >= 11 is 0. The number of imide groups is 1. The van der Waals surface area contributed by atoms with E-state index in [1.807, 2.05) is 36.4 Å². The van der Waals surface area contributed by atoms with Gasteiger partial charge in [0, 0.05) is 12.1 Å². The topological polar surface area (TPSA) is 52.7 Å². The van der Waals surface area contributed by atoms with Crippen LogP contribution in [0.1, 0.15) is 36.8 Å². The van der Waals surface area contributed by atoms with Crippen molar-refractivity contribution in [2.75, 3.05) is 20.6 Å². The number of hydrogen-bond acceptors (Lipinski definition) is 3. The van der Waals surface area contributed by atoms with Crippen molar-refractivity contribution in [1.82, 2.24) is 15.1 Å². The summed E-state index contributed by atoms with van der Waals surface area (Å²) in [4.78, 5) is 29.6. The van der Waals surface area contributed by atoms with Crippen molar-refractivity contribution in [3.05, 3.63) is 71.8 Å². The van der Waals surface area contributed by atoms with Gasteiger partial charge in [0.25, 0.3) is 5.91 Å². The number of carbonyl (C=O) groups is 2. The molecule has 1 saturated heterocycles. The molecule has 4 rings (SSSR count). The third kappa shape index (κ3) is 3.44. The second-order valence-corrected chi connectivity index (χ2v) is 8.50. The first-order valence-electron chi connectivity index (χ1n) is 10.4. The lowest BCUT2D eigenvalue weighted by Crippen LogP contribution is -2.55. The molecule has 1 aliphatic heterocycles. The van der Waals surface area contributed by atoms with Crippen molar-refractivity contribution in [3.8, 4) is 0 Å². The lowest BCUT2D eigenvalue weighted by atomic mass is 9.68. The van der Waals surface area contributed by atoms with Crippen LogP contribution in [-0.4, -0.2) is 47.9 Å². The van der Waals surface area contributed by atoms with Crippen LogP contribution in [0.25, 0.3) is 0 Å². The first kappa shape index (κ1) is 19.6. The summed E-state index contributed by atoms with van der Waals surface area (Å²) in [6.45, 7) is 0.425. The normalized spacial score (nSPS) is 26.9. The van der Waals surface area contributed by atoms with E-state index < -0.39 is 5.54 Å². The third-order valence-electron chi connectivity index (χ3n) is 6.81. The van der Waals surface area contributed by atoms with Gasteiger partial charge in [0.15, 0.2) is 0 Å². The first-order valence-corrected chi connectivity index (χ1v) is 10.4. The second-order valence-electron chi connectivity index (χ2n) is 8.50. The molecular formula is C24H29N3O2. The fourth-order valence-corrected chi connectivity index (χ4v) is 4.94. The van der Waals surface area contributed by atoms with E-state index in [4.69, 9.17) is 0 Å². The van der Waals surface area contributed by atoms with E-state index in [1.165, 1.54) is 10.5 Å². The zero-order valence-corrected chi connectivity index (χ0v) is 17.2. The van der Waals surface area contributed by atoms with Crippen LogP contribution >= 0.6 is 0 Å². The summed E-state index contributed by atoms with van der Waals surface area (Å²) in [5.74, 6) is -0.0566. The van der Waals surface area contributed by atoms with Gasteiger partial charge in [-0.2, -0.15) is 0 Å². The molecule has 152 valence electrons. The largest absolute Gasteiger partial charge is 0.325 e. The molecule has 0 radical (unpaired) electrons. The smallest absolute Gasteiger partial charge is 0.323 e. The summed E-state index contributed by atoms with van der Waals surface area (Å²) in [7, 11) is 4.21. The van der Waals surface area contributed by atoms with Crippen LogP contribution in [0.15, 0.2) is 60.7 Å². The SMILES string of the molecule is CN(C)[C@]1(c2ccccc2)CC[C@@]2(CC1)NC(=O)N(CCc1ccccc1)C2=O. The van der Waals surface area contributed by atoms with Crippen molar-refractivity contribution in [3.63, 3.8) is 0 Å². The Bertz CT molecular complexity index is 872. The van der Waals surface area contributed by atoms with Gasteiger partial charge in [0.05, 0.1) is 0 Å². The number of carbonyl (C=O) groups excluding carboxylic acids is 2. The highest BCUT2D eigenvalue weighted by atomic mass is 16.2. The Labute approximate surface area is 172 Å². The van der Waals surface area contributed by atoms with Gasteiger partial charge in [-0.25, -0.2) is 4.79 Å². The summed E-state index contributed by atoms with van der Waals surface area (Å²) in [5, 5.41) is 3.05. The zero-order chi connectivity index (χ0) is 20.5. The molecule has 1 heterocycles. The maximum atomic E-state index is 13.3. The molecule has 5 nitrogen and oxygen atoms in total. The standard InChI is InChI=1S/C24H29N3O2/c1-26(2)24(20-11-7-4-8-12-20)16-14-23(15-17-24)21(28)27(22(29)25-23)18-13-19-9-5-3-6-10-19/h3-12H,13-18H2,1-2H3,(H,25,29)/t23-,24+. The molecule has 2 aromatic carbocycles. The minimum atomic E-state index is -0.748. The van der Waals surface area contributed by atoms with Gasteiger partial charge in [-0.15, -0.1) is 0 Å². The molecule has 0 atom stereocenters. The quantitative estimate of drug-likeness (QED) is 0.793. The average Bonchev–Trinajstić information content (AvgIpc) is 2.97. The highest BCUT2D eigenvalue weighted by Crippen LogP contribution is 2.46. The van der Waals surface area contributed by atoms with Gasteiger partial charge in [-0.1, -0.05) is 60.7 Å². The molecular weight excluding hydrogens is 362 g/mol. The lowest BCUT2D eigenvalue weighted by Gasteiger charge is -2.48. The molecule has 2 aliphatic rings. The highest BCUT2D eigenvalue weighted by Gasteiger charge is 2.55. The minimum Gasteiger partial charge on any atom is -0.323 e. The van der Waals surface area contributed by atoms with E-state index in [0.29, 0.717) is 25.8 Å². The minimum absolute atomic E-state index is 0.0566. The van der Waals surface area contributed by atoms with Gasteiger partial charge in [0.2, 0.25) is 0 Å². The molecule has 1 N–H and O–H groups in total. The van der Waals surface area contributed by atoms with Gasteiger partial charge in [-0.05, 0) is 57.3 Å². The maximum absolute atomic E-state index is 13.3. The highest BCUT2D eigenvalue weighted by molar-refractivity contribution is 6.07. The average molecular weight is 392 g/mol. The number of nitrogens with zero attached hydrogens (tertiary/aromatic N) is 2. The van der Waals surface area contributed by atoms with Crippen molar-refractivity contribution in [2.45, 2.75) is 43.2 Å². The molecule has 1 spiro atoms. The van der Waals surface area contributed by atoms with E-state index >= 15 is 0 Å². The molecule has 0 bridgehead atoms. The number of urea groups is 1. The van der Waals surface area contributed by atoms with Crippen LogP contribution < -0.4 is 5.32 Å². The number of nitrogens with one attached hydrogen (secondary N) is 1. The van der Waals surface area contributed by atoms with Gasteiger partial charge in [-0.3, -0.25) is 14.6 Å². The number of hydrogen-bond donors (Lipinski definition) is 1. The fraction of sp³-hybridized carbons (Fsp3) is 0.417. The summed E-state index contributed by atoms with van der Waals surface area (Å²) in [5.41, 5.74) is 1.56. The molecule has 0 unspecified atom stereocenters. The van der Waals surface area contributed by atoms with Crippen LogP contribution in [-0.2, 0) is 16.8 Å². The first-order chi connectivity index (χ1) is 14.0. The Morgan fingerprint density at radius 2 is 1.48 bits per heavy atom. The van der Waals surface area contributed by atoms with Crippen molar-refractivity contribution in [1.29, 1.82) is 0 Å². The molecule has 0 aromatic heterocycles. The Morgan fingerprint density at radius 3 is 2.07 bits per heavy atom. The predicted octanol–water partition coefficient (Wildman–Crippen LogP) is 3.55. The van der Waals surface area contributed by atoms with Crippen LogP contribution in [0, 0.1) is 0 Å². The third-order valence-corrected chi connectivity index (χ3v) is 6.81. The number of amides is 3. The number of rotatable bonds is 5. The van der Waals surface area contributed by atoms with Crippen LogP contribution in [0.3, 0.4) is 0 Å². The molecule has 5 heteroatoms. The second kappa shape index (κ2) is 7.64. The van der Waals surface area contributed by atoms with E-state index in [9.17, 15) is 9.59 Å². The Hall–Kier alpha value is -2.66. The van der Waals surface area contributed by atoms with Crippen molar-refractivity contribution < 1.29 is 9.59 Å². The van der Waals surface area contributed by atoms with Crippen LogP contribution in [0.2, 0.25) is 0 Å². The van der Waals surface area contributed by atoms with Gasteiger partial charge in [0.1, 0.15) is 5.54 Å². The Morgan fingerprint density at radius 1 is 0.897 bits per heavy atom. The zero-order valence-electron chi connectivity index (χ0n) is 17.2. The fourth-order valence-electron chi connectivity index (χ4n) is 4.94. The molecule has 3 amide bonds. The molecule has 2 aromatic rings. The van der Waals surface area contributed by atoms with E-state index in [2.05, 4.69) is 48.6 Å². The van der Waals surface area contributed by atoms with Crippen molar-refractivity contribution >= 4 is 11.9 Å². The Kier molecular flexibility index (Phi) is 5.17. The predicted molar refractivity (Wildman–Crippen MR) is 113 cm³/mol. The summed E-state index contributed by atoms with van der Waals surface area (Å²) < 4.78 is 0. The molecule has 2 fully saturated rings. The van der Waals surface area contributed by atoms with Crippen molar-refractivity contribution in [2.24, 2.45) is 0 Å². The van der Waals surface area contributed by atoms with Gasteiger partial charge < -0.3 is 5.32 Å². The Balaban J connectivity index is 1.49. The maximum Gasteiger partial charge on any atom is 0.325 e.